The van der Waals surface area contributed by atoms with Crippen molar-refractivity contribution in [1.29, 1.82) is 0 Å². The summed E-state index contributed by atoms with van der Waals surface area (Å²) in [5.41, 5.74) is 2.79. The molecule has 0 amide bonds. The van der Waals surface area contributed by atoms with Crippen LogP contribution in [0.2, 0.25) is 0 Å². The quantitative estimate of drug-likeness (QED) is 0.889. The lowest BCUT2D eigenvalue weighted by Crippen LogP contribution is -2.17. The standard InChI is InChI=1S/C17H24N2S/c1-12-7-6-8-14(9-12)13(2)18-10-15-11-19-16(20-15)17(3,4)5/h6-9,11,13,18H,10H2,1-5H3/t13-/m0/s1. The molecule has 0 fully saturated rings. The first-order valence-electron chi connectivity index (χ1n) is 7.11. The summed E-state index contributed by atoms with van der Waals surface area (Å²) in [6.07, 6.45) is 2.00. The van der Waals surface area contributed by atoms with E-state index in [0.29, 0.717) is 6.04 Å². The lowest BCUT2D eigenvalue weighted by molar-refractivity contribution is 0.578. The molecule has 0 spiro atoms. The molecular weight excluding hydrogens is 264 g/mol. The zero-order valence-corrected chi connectivity index (χ0v) is 13.8. The van der Waals surface area contributed by atoms with Crippen LogP contribution in [0.3, 0.4) is 0 Å². The summed E-state index contributed by atoms with van der Waals surface area (Å²) < 4.78 is 0. The highest BCUT2D eigenvalue weighted by atomic mass is 32.1. The topological polar surface area (TPSA) is 24.9 Å². The summed E-state index contributed by atoms with van der Waals surface area (Å²) in [5.74, 6) is 0. The third-order valence-corrected chi connectivity index (χ3v) is 4.74. The molecule has 1 heterocycles. The van der Waals surface area contributed by atoms with Crippen molar-refractivity contribution < 1.29 is 0 Å². The molecule has 0 bridgehead atoms. The first-order chi connectivity index (χ1) is 9.36. The number of aromatic nitrogens is 1. The van der Waals surface area contributed by atoms with Gasteiger partial charge in [0, 0.05) is 29.1 Å². The zero-order valence-electron chi connectivity index (χ0n) is 13.0. The zero-order chi connectivity index (χ0) is 14.8. The molecule has 3 heteroatoms. The van der Waals surface area contributed by atoms with Gasteiger partial charge in [-0.05, 0) is 19.4 Å². The molecule has 2 rings (SSSR count). The third kappa shape index (κ3) is 3.90. The molecule has 0 saturated heterocycles. The summed E-state index contributed by atoms with van der Waals surface area (Å²) in [6, 6.07) is 9.03. The molecule has 1 aromatic heterocycles. The number of nitrogens with zero attached hydrogens (tertiary/aromatic N) is 1. The van der Waals surface area contributed by atoms with Crippen LogP contribution < -0.4 is 5.32 Å². The van der Waals surface area contributed by atoms with E-state index in [1.54, 1.807) is 11.3 Å². The van der Waals surface area contributed by atoms with Gasteiger partial charge in [-0.25, -0.2) is 4.98 Å². The van der Waals surface area contributed by atoms with Gasteiger partial charge in [-0.15, -0.1) is 11.3 Å². The van der Waals surface area contributed by atoms with Crippen molar-refractivity contribution in [2.45, 2.75) is 52.6 Å². The van der Waals surface area contributed by atoms with Crippen molar-refractivity contribution in [1.82, 2.24) is 10.3 Å². The van der Waals surface area contributed by atoms with Crippen LogP contribution in [-0.2, 0) is 12.0 Å². The van der Waals surface area contributed by atoms with E-state index < -0.39 is 0 Å². The highest BCUT2D eigenvalue weighted by molar-refractivity contribution is 7.11. The van der Waals surface area contributed by atoms with E-state index in [1.807, 2.05) is 6.20 Å². The Kier molecular flexibility index (Phi) is 4.61. The van der Waals surface area contributed by atoms with Crippen LogP contribution in [0.5, 0.6) is 0 Å². The van der Waals surface area contributed by atoms with Crippen LogP contribution >= 0.6 is 11.3 Å². The fourth-order valence-electron chi connectivity index (χ4n) is 2.05. The van der Waals surface area contributed by atoms with Crippen molar-refractivity contribution in [2.24, 2.45) is 0 Å². The maximum atomic E-state index is 4.53. The summed E-state index contributed by atoms with van der Waals surface area (Å²) in [7, 11) is 0. The number of rotatable bonds is 4. The Morgan fingerprint density at radius 3 is 2.65 bits per heavy atom. The van der Waals surface area contributed by atoms with Crippen LogP contribution in [0, 0.1) is 6.92 Å². The molecule has 1 N–H and O–H groups in total. The number of benzene rings is 1. The van der Waals surface area contributed by atoms with Crippen molar-refractivity contribution in [3.8, 4) is 0 Å². The molecule has 0 aliphatic carbocycles. The maximum absolute atomic E-state index is 4.53. The highest BCUT2D eigenvalue weighted by Crippen LogP contribution is 2.27. The maximum Gasteiger partial charge on any atom is 0.0981 e. The Morgan fingerprint density at radius 1 is 1.30 bits per heavy atom. The Balaban J connectivity index is 1.97. The van der Waals surface area contributed by atoms with Gasteiger partial charge in [0.05, 0.1) is 5.01 Å². The minimum atomic E-state index is 0.144. The average Bonchev–Trinajstić information content (AvgIpc) is 2.84. The van der Waals surface area contributed by atoms with E-state index in [0.717, 1.165) is 6.54 Å². The predicted octanol–water partition coefficient (Wildman–Crippen LogP) is 4.60. The monoisotopic (exact) mass is 288 g/mol. The molecule has 2 nitrogen and oxygen atoms in total. The number of hydrogen-bond donors (Lipinski definition) is 1. The highest BCUT2D eigenvalue weighted by Gasteiger charge is 2.18. The summed E-state index contributed by atoms with van der Waals surface area (Å²) in [6.45, 7) is 11.8. The molecule has 0 aliphatic heterocycles. The van der Waals surface area contributed by atoms with Gasteiger partial charge in [-0.3, -0.25) is 0 Å². The van der Waals surface area contributed by atoms with Gasteiger partial charge in [0.2, 0.25) is 0 Å². The Bertz CT molecular complexity index is 566. The van der Waals surface area contributed by atoms with Gasteiger partial charge in [-0.1, -0.05) is 50.6 Å². The SMILES string of the molecule is Cc1cccc([C@H](C)NCc2cnc(C(C)(C)C)s2)c1. The predicted molar refractivity (Wildman–Crippen MR) is 87.2 cm³/mol. The Morgan fingerprint density at radius 2 is 2.05 bits per heavy atom. The van der Waals surface area contributed by atoms with E-state index in [-0.39, 0.29) is 5.41 Å². The van der Waals surface area contributed by atoms with Gasteiger partial charge in [-0.2, -0.15) is 0 Å². The average molecular weight is 288 g/mol. The second-order valence-corrected chi connectivity index (χ2v) is 7.51. The Labute approximate surface area is 126 Å². The molecule has 0 radical (unpaired) electrons. The lowest BCUT2D eigenvalue weighted by Gasteiger charge is -2.15. The molecule has 0 saturated carbocycles. The van der Waals surface area contributed by atoms with Crippen molar-refractivity contribution >= 4 is 11.3 Å². The molecule has 1 aromatic carbocycles. The summed E-state index contributed by atoms with van der Waals surface area (Å²) in [4.78, 5) is 5.83. The van der Waals surface area contributed by atoms with Gasteiger partial charge in [0.1, 0.15) is 0 Å². The van der Waals surface area contributed by atoms with E-state index in [9.17, 15) is 0 Å². The fraction of sp³-hybridized carbons (Fsp3) is 0.471. The minimum Gasteiger partial charge on any atom is -0.305 e. The van der Waals surface area contributed by atoms with Crippen molar-refractivity contribution in [3.63, 3.8) is 0 Å². The van der Waals surface area contributed by atoms with Gasteiger partial charge in [0.15, 0.2) is 0 Å². The van der Waals surface area contributed by atoms with Crippen LogP contribution in [-0.4, -0.2) is 4.98 Å². The second kappa shape index (κ2) is 6.06. The number of hydrogen-bond acceptors (Lipinski definition) is 3. The normalized spacial score (nSPS) is 13.4. The number of nitrogens with one attached hydrogen (secondary N) is 1. The van der Waals surface area contributed by atoms with E-state index >= 15 is 0 Å². The fourth-order valence-corrected chi connectivity index (χ4v) is 2.97. The Hall–Kier alpha value is -1.19. The smallest absolute Gasteiger partial charge is 0.0981 e. The molecule has 20 heavy (non-hydrogen) atoms. The molecule has 108 valence electrons. The van der Waals surface area contributed by atoms with E-state index in [2.05, 4.69) is 69.2 Å². The summed E-state index contributed by atoms with van der Waals surface area (Å²) >= 11 is 1.81. The lowest BCUT2D eigenvalue weighted by atomic mass is 9.98. The van der Waals surface area contributed by atoms with Gasteiger partial charge >= 0.3 is 0 Å². The number of aryl methyl sites for hydroxylation is 1. The molecule has 0 aliphatic rings. The number of thiazole rings is 1. The second-order valence-electron chi connectivity index (χ2n) is 6.40. The van der Waals surface area contributed by atoms with E-state index in [1.165, 1.54) is 21.0 Å². The summed E-state index contributed by atoms with van der Waals surface area (Å²) in [5, 5.41) is 4.78. The largest absolute Gasteiger partial charge is 0.305 e. The van der Waals surface area contributed by atoms with Crippen molar-refractivity contribution in [3.05, 3.63) is 51.5 Å². The third-order valence-electron chi connectivity index (χ3n) is 3.32. The minimum absolute atomic E-state index is 0.144. The van der Waals surface area contributed by atoms with Gasteiger partial charge < -0.3 is 5.32 Å². The molecular formula is C17H24N2S. The first-order valence-corrected chi connectivity index (χ1v) is 7.93. The molecule has 0 unspecified atom stereocenters. The van der Waals surface area contributed by atoms with E-state index in [4.69, 9.17) is 0 Å². The van der Waals surface area contributed by atoms with Crippen LogP contribution in [0.4, 0.5) is 0 Å². The molecule has 1 atom stereocenters. The van der Waals surface area contributed by atoms with Gasteiger partial charge in [0.25, 0.3) is 0 Å². The first kappa shape index (κ1) is 15.2. The van der Waals surface area contributed by atoms with Crippen LogP contribution in [0.25, 0.3) is 0 Å². The molecule has 2 aromatic rings. The van der Waals surface area contributed by atoms with Crippen molar-refractivity contribution in [2.75, 3.05) is 0 Å². The van der Waals surface area contributed by atoms with Crippen LogP contribution in [0.15, 0.2) is 30.5 Å². The van der Waals surface area contributed by atoms with Crippen LogP contribution in [0.1, 0.15) is 54.7 Å².